The number of hydrogen-bond donors (Lipinski definition) is 1. The zero-order valence-electron chi connectivity index (χ0n) is 13.3. The van der Waals surface area contributed by atoms with Crippen LogP contribution in [0.3, 0.4) is 0 Å². The van der Waals surface area contributed by atoms with E-state index in [1.807, 2.05) is 42.5 Å². The maximum atomic E-state index is 10.1. The fourth-order valence-electron chi connectivity index (χ4n) is 2.43. The van der Waals surface area contributed by atoms with Crippen LogP contribution >= 0.6 is 0 Å². The van der Waals surface area contributed by atoms with E-state index in [1.54, 1.807) is 19.2 Å². The van der Waals surface area contributed by atoms with Crippen molar-refractivity contribution in [3.8, 4) is 29.4 Å². The Morgan fingerprint density at radius 3 is 2.58 bits per heavy atom. The van der Waals surface area contributed by atoms with E-state index in [0.717, 1.165) is 16.3 Å². The third-order valence-electron chi connectivity index (χ3n) is 3.67. The molecule has 24 heavy (non-hydrogen) atoms. The Hall–Kier alpha value is -3.20. The first kappa shape index (κ1) is 15.7. The Balaban J connectivity index is 1.81. The van der Waals surface area contributed by atoms with Gasteiger partial charge in [0.1, 0.15) is 11.9 Å². The van der Waals surface area contributed by atoms with Crippen LogP contribution in [0.15, 0.2) is 66.7 Å². The van der Waals surface area contributed by atoms with Gasteiger partial charge in [0.2, 0.25) is 0 Å². The molecule has 0 amide bonds. The Morgan fingerprint density at radius 2 is 1.71 bits per heavy atom. The van der Waals surface area contributed by atoms with E-state index in [4.69, 9.17) is 4.74 Å². The molecule has 3 aromatic rings. The molecule has 0 fully saturated rings. The highest BCUT2D eigenvalue weighted by Gasteiger charge is 2.04. The summed E-state index contributed by atoms with van der Waals surface area (Å²) in [6, 6.07) is 21.3. The minimum Gasteiger partial charge on any atom is -0.497 e. The summed E-state index contributed by atoms with van der Waals surface area (Å²) < 4.78 is 5.14. The van der Waals surface area contributed by atoms with Gasteiger partial charge in [-0.25, -0.2) is 0 Å². The van der Waals surface area contributed by atoms with Gasteiger partial charge in [0.25, 0.3) is 0 Å². The second-order valence-electron chi connectivity index (χ2n) is 5.23. The van der Waals surface area contributed by atoms with Gasteiger partial charge in [0.05, 0.1) is 7.11 Å². The van der Waals surface area contributed by atoms with E-state index in [-0.39, 0.29) is 0 Å². The van der Waals surface area contributed by atoms with Crippen molar-refractivity contribution in [2.24, 2.45) is 0 Å². The molecule has 0 radical (unpaired) electrons. The molecule has 1 unspecified atom stereocenters. The van der Waals surface area contributed by atoms with Crippen LogP contribution in [0.4, 0.5) is 0 Å². The lowest BCUT2D eigenvalue weighted by Crippen LogP contribution is -1.94. The molecular weight excluding hydrogens is 296 g/mol. The van der Waals surface area contributed by atoms with Crippen molar-refractivity contribution in [3.05, 3.63) is 77.9 Å². The molecule has 3 aromatic carbocycles. The van der Waals surface area contributed by atoms with E-state index in [0.29, 0.717) is 11.3 Å². The molecule has 2 nitrogen and oxygen atoms in total. The van der Waals surface area contributed by atoms with Crippen molar-refractivity contribution in [3.63, 3.8) is 0 Å². The van der Waals surface area contributed by atoms with Crippen molar-refractivity contribution in [2.45, 2.75) is 6.10 Å². The van der Waals surface area contributed by atoms with Crippen LogP contribution in [0, 0.1) is 23.7 Å². The average molecular weight is 312 g/mol. The summed E-state index contributed by atoms with van der Waals surface area (Å²) in [5.41, 5.74) is 1.62. The first-order valence-electron chi connectivity index (χ1n) is 7.59. The van der Waals surface area contributed by atoms with Gasteiger partial charge in [-0.15, -0.1) is 0 Å². The van der Waals surface area contributed by atoms with Crippen molar-refractivity contribution >= 4 is 10.8 Å². The van der Waals surface area contributed by atoms with Gasteiger partial charge in [0.15, 0.2) is 0 Å². The molecule has 0 aromatic heterocycles. The molecule has 0 bridgehead atoms. The lowest BCUT2D eigenvalue weighted by molar-refractivity contribution is 0.238. The van der Waals surface area contributed by atoms with Crippen LogP contribution in [-0.2, 0) is 0 Å². The van der Waals surface area contributed by atoms with Crippen LogP contribution in [0.5, 0.6) is 5.75 Å². The van der Waals surface area contributed by atoms with Gasteiger partial charge in [-0.3, -0.25) is 0 Å². The van der Waals surface area contributed by atoms with E-state index < -0.39 is 6.10 Å². The van der Waals surface area contributed by atoms with Crippen molar-refractivity contribution in [2.75, 3.05) is 7.11 Å². The summed E-state index contributed by atoms with van der Waals surface area (Å²) in [5, 5.41) is 12.4. The number of ether oxygens (including phenoxy) is 1. The third-order valence-corrected chi connectivity index (χ3v) is 3.67. The maximum Gasteiger partial charge on any atom is 0.141 e. The molecule has 0 aliphatic heterocycles. The summed E-state index contributed by atoms with van der Waals surface area (Å²) in [6.07, 6.45) is -0.887. The zero-order valence-corrected chi connectivity index (χ0v) is 13.3. The minimum absolute atomic E-state index is 0.689. The number of aliphatic hydroxyl groups is 1. The number of aliphatic hydroxyl groups excluding tert-OH is 1. The highest BCUT2D eigenvalue weighted by Crippen LogP contribution is 2.19. The summed E-state index contributed by atoms with van der Waals surface area (Å²) in [7, 11) is 1.59. The van der Waals surface area contributed by atoms with E-state index in [9.17, 15) is 5.11 Å². The first-order valence-corrected chi connectivity index (χ1v) is 7.59. The molecule has 0 aliphatic carbocycles. The fourth-order valence-corrected chi connectivity index (χ4v) is 2.43. The quantitative estimate of drug-likeness (QED) is 0.726. The van der Waals surface area contributed by atoms with Gasteiger partial charge >= 0.3 is 0 Å². The number of fused-ring (bicyclic) bond motifs is 1. The first-order chi connectivity index (χ1) is 11.8. The van der Waals surface area contributed by atoms with Crippen LogP contribution in [0.1, 0.15) is 17.2 Å². The molecular formula is C22H16O2. The number of methoxy groups -OCH3 is 1. The highest BCUT2D eigenvalue weighted by molar-refractivity contribution is 5.88. The van der Waals surface area contributed by atoms with Crippen LogP contribution in [0.2, 0.25) is 0 Å². The molecule has 116 valence electrons. The number of rotatable bonds is 2. The zero-order chi connectivity index (χ0) is 16.8. The smallest absolute Gasteiger partial charge is 0.141 e. The Morgan fingerprint density at radius 1 is 0.917 bits per heavy atom. The van der Waals surface area contributed by atoms with Crippen LogP contribution in [-0.4, -0.2) is 12.2 Å². The largest absolute Gasteiger partial charge is 0.497 e. The van der Waals surface area contributed by atoms with Crippen molar-refractivity contribution in [1.29, 1.82) is 0 Å². The van der Waals surface area contributed by atoms with E-state index in [1.165, 1.54) is 0 Å². The number of hydrogen-bond acceptors (Lipinski definition) is 2. The second-order valence-corrected chi connectivity index (χ2v) is 5.23. The molecule has 0 heterocycles. The normalized spacial score (nSPS) is 10.9. The van der Waals surface area contributed by atoms with Gasteiger partial charge < -0.3 is 9.84 Å². The molecule has 0 saturated carbocycles. The minimum atomic E-state index is -0.887. The fraction of sp³-hybridized carbons (Fsp3) is 0.0909. The molecule has 1 N–H and O–H groups in total. The monoisotopic (exact) mass is 312 g/mol. The van der Waals surface area contributed by atoms with Gasteiger partial charge in [0, 0.05) is 5.56 Å². The summed E-state index contributed by atoms with van der Waals surface area (Å²) in [4.78, 5) is 0. The lowest BCUT2D eigenvalue weighted by Gasteiger charge is -2.05. The SMILES string of the molecule is COc1cccc(C(O)C#CC#Cc2cccc3ccccc23)c1. The number of benzene rings is 3. The standard InChI is InChI=1S/C22H16O2/c1-24-20-13-7-12-19(16-20)22(23)15-5-3-9-18-11-6-10-17-8-2-4-14-21(17)18/h2,4,6-8,10-14,16,22-23H,1H3. The van der Waals surface area contributed by atoms with Crippen molar-refractivity contribution < 1.29 is 9.84 Å². The topological polar surface area (TPSA) is 29.5 Å². The summed E-state index contributed by atoms with van der Waals surface area (Å²) in [6.45, 7) is 0. The van der Waals surface area contributed by atoms with E-state index in [2.05, 4.69) is 35.8 Å². The summed E-state index contributed by atoms with van der Waals surface area (Å²) >= 11 is 0. The second kappa shape index (κ2) is 7.38. The Kier molecular flexibility index (Phi) is 4.82. The predicted molar refractivity (Wildman–Crippen MR) is 96.6 cm³/mol. The van der Waals surface area contributed by atoms with Gasteiger partial charge in [-0.05, 0) is 46.4 Å². The van der Waals surface area contributed by atoms with Gasteiger partial charge in [-0.2, -0.15) is 0 Å². The highest BCUT2D eigenvalue weighted by atomic mass is 16.5. The summed E-state index contributed by atoms with van der Waals surface area (Å²) in [5.74, 6) is 12.0. The molecule has 2 heteroatoms. The lowest BCUT2D eigenvalue weighted by atomic mass is 10.1. The predicted octanol–water partition coefficient (Wildman–Crippen LogP) is 3.94. The molecule has 0 spiro atoms. The molecule has 1 atom stereocenters. The van der Waals surface area contributed by atoms with E-state index >= 15 is 0 Å². The molecule has 0 saturated heterocycles. The Labute approximate surface area is 141 Å². The van der Waals surface area contributed by atoms with Gasteiger partial charge in [-0.1, -0.05) is 60.4 Å². The maximum absolute atomic E-state index is 10.1. The Bertz CT molecular complexity index is 976. The molecule has 3 rings (SSSR count). The van der Waals surface area contributed by atoms with Crippen LogP contribution < -0.4 is 4.74 Å². The van der Waals surface area contributed by atoms with Crippen LogP contribution in [0.25, 0.3) is 10.8 Å². The van der Waals surface area contributed by atoms with Crippen molar-refractivity contribution in [1.82, 2.24) is 0 Å². The average Bonchev–Trinajstić information content (AvgIpc) is 2.65. The molecule has 0 aliphatic rings. The third kappa shape index (κ3) is 3.58.